The van der Waals surface area contributed by atoms with Crippen molar-refractivity contribution in [1.29, 1.82) is 0 Å². The molecule has 1 aliphatic rings. The molecule has 4 heteroatoms. The number of aliphatic hydroxyl groups excluding tert-OH is 1. The van der Waals surface area contributed by atoms with E-state index in [2.05, 4.69) is 12.2 Å². The average molecular weight is 269 g/mol. The van der Waals surface area contributed by atoms with Gasteiger partial charge in [-0.3, -0.25) is 0 Å². The monoisotopic (exact) mass is 269 g/mol. The van der Waals surface area contributed by atoms with Crippen molar-refractivity contribution >= 4 is 11.3 Å². The van der Waals surface area contributed by atoms with Crippen LogP contribution in [0.1, 0.15) is 44.3 Å². The van der Waals surface area contributed by atoms with Crippen LogP contribution in [0.25, 0.3) is 0 Å². The zero-order valence-corrected chi connectivity index (χ0v) is 11.8. The second-order valence-corrected chi connectivity index (χ2v) is 5.76. The summed E-state index contributed by atoms with van der Waals surface area (Å²) in [5.74, 6) is 0. The Kier molecular flexibility index (Phi) is 5.63. The Hall–Kier alpha value is -0.420. The smallest absolute Gasteiger partial charge is 0.0922 e. The lowest BCUT2D eigenvalue weighted by molar-refractivity contribution is -0.00506. The number of ether oxygens (including phenoxy) is 1. The number of rotatable bonds is 6. The molecule has 1 saturated heterocycles. The maximum atomic E-state index is 10.0. The second-order valence-electron chi connectivity index (χ2n) is 4.98. The second kappa shape index (κ2) is 7.24. The van der Waals surface area contributed by atoms with E-state index in [1.807, 2.05) is 16.8 Å². The summed E-state index contributed by atoms with van der Waals surface area (Å²) in [7, 11) is 0. The Bertz CT molecular complexity index is 327. The quantitative estimate of drug-likeness (QED) is 0.834. The van der Waals surface area contributed by atoms with Crippen LogP contribution in [0.3, 0.4) is 0 Å². The molecule has 2 rings (SSSR count). The van der Waals surface area contributed by atoms with E-state index in [0.29, 0.717) is 18.7 Å². The summed E-state index contributed by atoms with van der Waals surface area (Å²) in [5.41, 5.74) is 1.02. The largest absolute Gasteiger partial charge is 0.387 e. The summed E-state index contributed by atoms with van der Waals surface area (Å²) >= 11 is 1.63. The van der Waals surface area contributed by atoms with Crippen LogP contribution in [-0.2, 0) is 4.74 Å². The maximum Gasteiger partial charge on any atom is 0.0922 e. The number of hydrogen-bond donors (Lipinski definition) is 2. The van der Waals surface area contributed by atoms with Crippen molar-refractivity contribution in [3.05, 3.63) is 22.4 Å². The van der Waals surface area contributed by atoms with Crippen molar-refractivity contribution in [3.63, 3.8) is 0 Å². The van der Waals surface area contributed by atoms with Crippen LogP contribution in [0.2, 0.25) is 0 Å². The van der Waals surface area contributed by atoms with Gasteiger partial charge >= 0.3 is 0 Å². The summed E-state index contributed by atoms with van der Waals surface area (Å²) in [6.07, 6.45) is 4.46. The van der Waals surface area contributed by atoms with Crippen LogP contribution in [0.5, 0.6) is 0 Å². The van der Waals surface area contributed by atoms with Gasteiger partial charge in [-0.05, 0) is 41.7 Å². The fourth-order valence-corrected chi connectivity index (χ4v) is 3.16. The first-order chi connectivity index (χ1) is 8.79. The molecule has 0 spiro atoms. The molecule has 3 unspecified atom stereocenters. The van der Waals surface area contributed by atoms with Crippen LogP contribution in [0.15, 0.2) is 16.8 Å². The Morgan fingerprint density at radius 1 is 1.61 bits per heavy atom. The molecule has 0 radical (unpaired) electrons. The van der Waals surface area contributed by atoms with Gasteiger partial charge in [-0.1, -0.05) is 13.3 Å². The van der Waals surface area contributed by atoms with Gasteiger partial charge in [0.2, 0.25) is 0 Å². The number of aliphatic hydroxyl groups is 1. The van der Waals surface area contributed by atoms with Crippen molar-refractivity contribution in [3.8, 4) is 0 Å². The first-order valence-corrected chi connectivity index (χ1v) is 7.79. The third-order valence-corrected chi connectivity index (χ3v) is 4.21. The van der Waals surface area contributed by atoms with Gasteiger partial charge in [-0.25, -0.2) is 0 Å². The normalized spacial score (nSPS) is 26.1. The summed E-state index contributed by atoms with van der Waals surface area (Å²) in [6, 6.07) is 2.48. The van der Waals surface area contributed by atoms with Gasteiger partial charge in [-0.15, -0.1) is 0 Å². The van der Waals surface area contributed by atoms with E-state index in [1.165, 1.54) is 6.42 Å². The molecule has 0 aromatic carbocycles. The predicted octanol–water partition coefficient (Wildman–Crippen LogP) is 2.72. The van der Waals surface area contributed by atoms with E-state index in [1.54, 1.807) is 11.3 Å². The molecule has 0 bridgehead atoms. The molecule has 3 atom stereocenters. The van der Waals surface area contributed by atoms with Crippen molar-refractivity contribution in [2.75, 3.05) is 13.2 Å². The van der Waals surface area contributed by atoms with Gasteiger partial charge in [0.25, 0.3) is 0 Å². The molecular formula is C14H23NO2S. The molecule has 0 saturated carbocycles. The molecule has 18 heavy (non-hydrogen) atoms. The SMILES string of the molecule is CCCC1CC(NCC(O)c2ccsc2)CCO1. The highest BCUT2D eigenvalue weighted by molar-refractivity contribution is 7.07. The topological polar surface area (TPSA) is 41.5 Å². The lowest BCUT2D eigenvalue weighted by atomic mass is 10.00. The van der Waals surface area contributed by atoms with Crippen LogP contribution in [-0.4, -0.2) is 30.4 Å². The summed E-state index contributed by atoms with van der Waals surface area (Å²) in [5, 5.41) is 17.5. The van der Waals surface area contributed by atoms with Gasteiger partial charge in [0.05, 0.1) is 12.2 Å². The van der Waals surface area contributed by atoms with Gasteiger partial charge in [0, 0.05) is 19.2 Å². The maximum absolute atomic E-state index is 10.0. The Balaban J connectivity index is 1.72. The van der Waals surface area contributed by atoms with Gasteiger partial charge in [0.1, 0.15) is 0 Å². The van der Waals surface area contributed by atoms with E-state index in [-0.39, 0.29) is 6.10 Å². The van der Waals surface area contributed by atoms with Crippen LogP contribution in [0.4, 0.5) is 0 Å². The highest BCUT2D eigenvalue weighted by atomic mass is 32.1. The highest BCUT2D eigenvalue weighted by Gasteiger charge is 2.22. The highest BCUT2D eigenvalue weighted by Crippen LogP contribution is 2.19. The molecule has 1 aromatic rings. The van der Waals surface area contributed by atoms with Crippen molar-refractivity contribution in [2.24, 2.45) is 0 Å². The van der Waals surface area contributed by atoms with Gasteiger partial charge < -0.3 is 15.2 Å². The Morgan fingerprint density at radius 2 is 2.50 bits per heavy atom. The first kappa shape index (κ1) is 14.0. The number of thiophene rings is 1. The zero-order valence-electron chi connectivity index (χ0n) is 11.0. The van der Waals surface area contributed by atoms with Gasteiger partial charge in [0.15, 0.2) is 0 Å². The fourth-order valence-electron chi connectivity index (χ4n) is 2.45. The lowest BCUT2D eigenvalue weighted by Crippen LogP contribution is -2.40. The zero-order chi connectivity index (χ0) is 12.8. The molecular weight excluding hydrogens is 246 g/mol. The van der Waals surface area contributed by atoms with E-state index >= 15 is 0 Å². The molecule has 3 nitrogen and oxygen atoms in total. The number of hydrogen-bond acceptors (Lipinski definition) is 4. The van der Waals surface area contributed by atoms with E-state index in [0.717, 1.165) is 31.4 Å². The molecule has 0 amide bonds. The third kappa shape index (κ3) is 4.05. The summed E-state index contributed by atoms with van der Waals surface area (Å²) in [4.78, 5) is 0. The van der Waals surface area contributed by atoms with Crippen LogP contribution in [0, 0.1) is 0 Å². The standard InChI is InChI=1S/C14H23NO2S/c1-2-3-13-8-12(4-6-17-13)15-9-14(16)11-5-7-18-10-11/h5,7,10,12-16H,2-4,6,8-9H2,1H3. The molecule has 2 N–H and O–H groups in total. The minimum atomic E-state index is -0.385. The first-order valence-electron chi connectivity index (χ1n) is 6.84. The third-order valence-electron chi connectivity index (χ3n) is 3.51. The Labute approximate surface area is 113 Å². The minimum Gasteiger partial charge on any atom is -0.387 e. The molecule has 102 valence electrons. The summed E-state index contributed by atoms with van der Waals surface area (Å²) in [6.45, 7) is 3.68. The van der Waals surface area contributed by atoms with E-state index < -0.39 is 0 Å². The van der Waals surface area contributed by atoms with Crippen molar-refractivity contribution in [1.82, 2.24) is 5.32 Å². The van der Waals surface area contributed by atoms with E-state index in [4.69, 9.17) is 4.74 Å². The molecule has 1 fully saturated rings. The Morgan fingerprint density at radius 3 is 3.22 bits per heavy atom. The number of nitrogens with one attached hydrogen (secondary N) is 1. The van der Waals surface area contributed by atoms with Crippen molar-refractivity contribution < 1.29 is 9.84 Å². The minimum absolute atomic E-state index is 0.385. The van der Waals surface area contributed by atoms with Crippen molar-refractivity contribution in [2.45, 2.75) is 50.9 Å². The average Bonchev–Trinajstić information content (AvgIpc) is 2.91. The fraction of sp³-hybridized carbons (Fsp3) is 0.714. The molecule has 0 aliphatic carbocycles. The van der Waals surface area contributed by atoms with E-state index in [9.17, 15) is 5.11 Å². The molecule has 2 heterocycles. The van der Waals surface area contributed by atoms with Crippen LogP contribution < -0.4 is 5.32 Å². The molecule has 1 aliphatic heterocycles. The lowest BCUT2D eigenvalue weighted by Gasteiger charge is -2.30. The summed E-state index contributed by atoms with van der Waals surface area (Å²) < 4.78 is 5.73. The van der Waals surface area contributed by atoms with Crippen LogP contribution >= 0.6 is 11.3 Å². The molecule has 1 aromatic heterocycles. The predicted molar refractivity (Wildman–Crippen MR) is 75.0 cm³/mol. The van der Waals surface area contributed by atoms with Gasteiger partial charge in [-0.2, -0.15) is 11.3 Å².